The zero-order chi connectivity index (χ0) is 18.6. The number of fused-ring (bicyclic) bond motifs is 1. The maximum atomic E-state index is 11.3. The Morgan fingerprint density at radius 1 is 1.37 bits per heavy atom. The number of pyridine rings is 1. The van der Waals surface area contributed by atoms with Gasteiger partial charge in [-0.2, -0.15) is 0 Å². The summed E-state index contributed by atoms with van der Waals surface area (Å²) in [5.74, 6) is -0.844. The molecule has 1 aromatic heterocycles. The normalized spacial score (nSPS) is 24.4. The van der Waals surface area contributed by atoms with Crippen LogP contribution < -0.4 is 0 Å². The first-order chi connectivity index (χ1) is 13.2. The molecule has 2 heterocycles. The lowest BCUT2D eigenvalue weighted by molar-refractivity contribution is -0.143. The van der Waals surface area contributed by atoms with Gasteiger partial charge in [-0.25, -0.2) is 0 Å². The molecule has 1 aliphatic heterocycles. The Balaban J connectivity index is 1.49. The van der Waals surface area contributed by atoms with Crippen LogP contribution in [0.4, 0.5) is 0 Å². The van der Waals surface area contributed by atoms with Crippen molar-refractivity contribution in [2.75, 3.05) is 19.6 Å². The Labute approximate surface area is 161 Å². The number of hydrogen-bond donors (Lipinski definition) is 1. The molecule has 4 nitrogen and oxygen atoms in total. The van der Waals surface area contributed by atoms with Gasteiger partial charge in [0.1, 0.15) is 0 Å². The maximum Gasteiger partial charge on any atom is 0.307 e. The van der Waals surface area contributed by atoms with Crippen LogP contribution in [0.5, 0.6) is 0 Å². The number of carboxylic acids is 1. The fraction of sp³-hybridized carbons (Fsp3) is 0.478. The molecule has 3 aliphatic rings. The van der Waals surface area contributed by atoms with Crippen LogP contribution in [0.25, 0.3) is 5.57 Å². The van der Waals surface area contributed by atoms with Crippen molar-refractivity contribution >= 4 is 11.5 Å². The molecule has 4 rings (SSSR count). The first-order valence-corrected chi connectivity index (χ1v) is 10.2. The van der Waals surface area contributed by atoms with E-state index in [9.17, 15) is 9.90 Å². The average Bonchev–Trinajstić information content (AvgIpc) is 2.85. The van der Waals surface area contributed by atoms with Crippen molar-refractivity contribution in [1.82, 2.24) is 9.88 Å². The van der Waals surface area contributed by atoms with E-state index in [1.165, 1.54) is 22.3 Å². The highest BCUT2D eigenvalue weighted by Gasteiger charge is 2.25. The van der Waals surface area contributed by atoms with E-state index >= 15 is 0 Å². The summed E-state index contributed by atoms with van der Waals surface area (Å²) in [7, 11) is 0. The summed E-state index contributed by atoms with van der Waals surface area (Å²) in [5.41, 5.74) is 7.13. The van der Waals surface area contributed by atoms with Crippen LogP contribution in [0.1, 0.15) is 49.7 Å². The summed E-state index contributed by atoms with van der Waals surface area (Å²) >= 11 is 0. The number of rotatable bonds is 4. The minimum absolute atomic E-state index is 0.198. The number of aliphatic carboxylic acids is 1. The van der Waals surface area contributed by atoms with E-state index in [1.807, 2.05) is 12.4 Å². The molecule has 2 aliphatic carbocycles. The fourth-order valence-electron chi connectivity index (χ4n) is 4.62. The molecule has 0 spiro atoms. The summed E-state index contributed by atoms with van der Waals surface area (Å²) in [4.78, 5) is 17.9. The van der Waals surface area contributed by atoms with E-state index in [0.29, 0.717) is 6.54 Å². The van der Waals surface area contributed by atoms with Crippen LogP contribution >= 0.6 is 0 Å². The number of likely N-dealkylation sites (tertiary alicyclic amines) is 1. The molecule has 1 saturated heterocycles. The molecule has 0 amide bonds. The molecule has 0 aromatic carbocycles. The van der Waals surface area contributed by atoms with Crippen LogP contribution in [0, 0.1) is 5.92 Å². The summed E-state index contributed by atoms with van der Waals surface area (Å²) in [6.45, 7) is 2.65. The summed E-state index contributed by atoms with van der Waals surface area (Å²) in [6.07, 6.45) is 18.0. The highest BCUT2D eigenvalue weighted by Crippen LogP contribution is 2.36. The molecule has 1 atom stereocenters. The van der Waals surface area contributed by atoms with E-state index in [-0.39, 0.29) is 5.92 Å². The van der Waals surface area contributed by atoms with Gasteiger partial charge in [-0.1, -0.05) is 23.8 Å². The van der Waals surface area contributed by atoms with Crippen molar-refractivity contribution in [3.8, 4) is 0 Å². The second-order valence-electron chi connectivity index (χ2n) is 7.95. The van der Waals surface area contributed by atoms with Crippen molar-refractivity contribution in [2.24, 2.45) is 5.92 Å². The number of piperidine rings is 1. The molecule has 27 heavy (non-hydrogen) atoms. The minimum atomic E-state index is -0.646. The molecular weight excluding hydrogens is 336 g/mol. The zero-order valence-electron chi connectivity index (χ0n) is 15.9. The van der Waals surface area contributed by atoms with Gasteiger partial charge >= 0.3 is 5.97 Å². The second-order valence-corrected chi connectivity index (χ2v) is 7.95. The maximum absolute atomic E-state index is 11.3. The minimum Gasteiger partial charge on any atom is -0.481 e. The second kappa shape index (κ2) is 8.22. The molecule has 142 valence electrons. The quantitative estimate of drug-likeness (QED) is 0.868. The number of nitrogens with zero attached hydrogens (tertiary/aromatic N) is 2. The molecule has 4 heteroatoms. The molecule has 1 N–H and O–H groups in total. The van der Waals surface area contributed by atoms with Crippen LogP contribution in [0.3, 0.4) is 0 Å². The molecular formula is C23H28N2O2. The third kappa shape index (κ3) is 4.22. The van der Waals surface area contributed by atoms with Crippen molar-refractivity contribution in [3.05, 3.63) is 59.0 Å². The van der Waals surface area contributed by atoms with Crippen LogP contribution in [0.2, 0.25) is 0 Å². The van der Waals surface area contributed by atoms with E-state index < -0.39 is 5.97 Å². The number of allylic oxidation sites excluding steroid dienone is 5. The highest BCUT2D eigenvalue weighted by molar-refractivity contribution is 5.73. The highest BCUT2D eigenvalue weighted by atomic mass is 16.4. The van der Waals surface area contributed by atoms with Crippen molar-refractivity contribution in [2.45, 2.75) is 44.9 Å². The molecule has 0 radical (unpaired) electrons. The van der Waals surface area contributed by atoms with Crippen molar-refractivity contribution < 1.29 is 9.90 Å². The number of carboxylic acid groups (broad SMARTS) is 1. The fourth-order valence-corrected chi connectivity index (χ4v) is 4.62. The smallest absolute Gasteiger partial charge is 0.307 e. The van der Waals surface area contributed by atoms with Crippen LogP contribution in [0.15, 0.2) is 47.8 Å². The van der Waals surface area contributed by atoms with E-state index in [0.717, 1.165) is 58.0 Å². The molecule has 0 saturated carbocycles. The SMILES string of the molecule is O=C(O)[C@@H]1CCCN(CC/C=C2\CC3=C(CCC=C3)Cc3cnccc32)C1. The number of hydrogen-bond acceptors (Lipinski definition) is 3. The van der Waals surface area contributed by atoms with Gasteiger partial charge in [0.2, 0.25) is 0 Å². The van der Waals surface area contributed by atoms with Gasteiger partial charge in [0.15, 0.2) is 0 Å². The largest absolute Gasteiger partial charge is 0.481 e. The molecule has 1 aromatic rings. The van der Waals surface area contributed by atoms with Crippen LogP contribution in [-0.2, 0) is 11.2 Å². The predicted octanol–water partition coefficient (Wildman–Crippen LogP) is 4.24. The van der Waals surface area contributed by atoms with E-state index in [1.54, 1.807) is 5.57 Å². The lowest BCUT2D eigenvalue weighted by Crippen LogP contribution is -2.39. The Morgan fingerprint density at radius 2 is 2.30 bits per heavy atom. The standard InChI is InChI=1S/C23H28N2O2/c26-23(27)20-8-4-12-25(16-20)11-3-7-19-13-17-5-1-2-6-18(17)14-21-15-24-10-9-22(19)21/h1,5,7,9-10,15,20H,2-4,6,8,11-14,16H2,(H,26,27)/b19-7+/t20-/m1/s1. The lowest BCUT2D eigenvalue weighted by Gasteiger charge is -2.30. The van der Waals surface area contributed by atoms with Crippen LogP contribution in [-0.4, -0.2) is 40.6 Å². The third-order valence-corrected chi connectivity index (χ3v) is 6.11. The van der Waals surface area contributed by atoms with E-state index in [4.69, 9.17) is 0 Å². The van der Waals surface area contributed by atoms with Crippen molar-refractivity contribution in [3.63, 3.8) is 0 Å². The molecule has 0 unspecified atom stereocenters. The Bertz CT molecular complexity index is 806. The first kappa shape index (κ1) is 18.2. The predicted molar refractivity (Wildman–Crippen MR) is 107 cm³/mol. The van der Waals surface area contributed by atoms with Gasteiger partial charge in [-0.15, -0.1) is 0 Å². The Morgan fingerprint density at radius 3 is 3.19 bits per heavy atom. The average molecular weight is 364 g/mol. The Kier molecular flexibility index (Phi) is 5.53. The summed E-state index contributed by atoms with van der Waals surface area (Å²) in [5, 5.41) is 9.28. The van der Waals surface area contributed by atoms with E-state index in [2.05, 4.69) is 34.2 Å². The van der Waals surface area contributed by atoms with Gasteiger partial charge in [-0.05, 0) is 79.8 Å². The van der Waals surface area contributed by atoms with Crippen molar-refractivity contribution in [1.29, 1.82) is 0 Å². The molecule has 0 bridgehead atoms. The number of aromatic nitrogens is 1. The Hall–Kier alpha value is -2.20. The third-order valence-electron chi connectivity index (χ3n) is 6.11. The first-order valence-electron chi connectivity index (χ1n) is 10.2. The summed E-state index contributed by atoms with van der Waals surface area (Å²) < 4.78 is 0. The van der Waals surface area contributed by atoms with Gasteiger partial charge in [0.05, 0.1) is 5.92 Å². The lowest BCUT2D eigenvalue weighted by atomic mass is 9.92. The monoisotopic (exact) mass is 364 g/mol. The van der Waals surface area contributed by atoms with Gasteiger partial charge in [0.25, 0.3) is 0 Å². The molecule has 1 fully saturated rings. The van der Waals surface area contributed by atoms with Gasteiger partial charge in [0, 0.05) is 25.5 Å². The summed E-state index contributed by atoms with van der Waals surface area (Å²) in [6, 6.07) is 2.16. The zero-order valence-corrected chi connectivity index (χ0v) is 15.9. The topological polar surface area (TPSA) is 53.4 Å². The van der Waals surface area contributed by atoms with Gasteiger partial charge in [-0.3, -0.25) is 9.78 Å². The number of carbonyl (C=O) groups is 1. The van der Waals surface area contributed by atoms with Gasteiger partial charge < -0.3 is 10.0 Å².